The normalized spacial score (nSPS) is 13.2. The maximum atomic E-state index is 12.1. The number of aromatic carboxylic acids is 1. The van der Waals surface area contributed by atoms with E-state index >= 15 is 0 Å². The van der Waals surface area contributed by atoms with Gasteiger partial charge < -0.3 is 5.11 Å². The van der Waals surface area contributed by atoms with Crippen LogP contribution in [0.5, 0.6) is 0 Å². The fourth-order valence-electron chi connectivity index (χ4n) is 1.23. The number of halogens is 1. The number of hydrogen-bond acceptors (Lipinski definition) is 4. The van der Waals surface area contributed by atoms with Crippen LogP contribution in [-0.4, -0.2) is 37.5 Å². The molecule has 0 aromatic heterocycles. The summed E-state index contributed by atoms with van der Waals surface area (Å²) in [5, 5.41) is 9.02. The van der Waals surface area contributed by atoms with Crippen LogP contribution in [0.3, 0.4) is 0 Å². The predicted octanol–water partition coefficient (Wildman–Crippen LogP) is 2.18. The minimum Gasteiger partial charge on any atom is -0.478 e. The van der Waals surface area contributed by atoms with Crippen molar-refractivity contribution in [2.24, 2.45) is 0 Å². The molecule has 19 heavy (non-hydrogen) atoms. The molecule has 1 aromatic rings. The third-order valence-electron chi connectivity index (χ3n) is 2.43. The van der Waals surface area contributed by atoms with Crippen molar-refractivity contribution in [3.63, 3.8) is 0 Å². The monoisotopic (exact) mass is 367 g/mol. The largest absolute Gasteiger partial charge is 0.478 e. The van der Waals surface area contributed by atoms with Crippen molar-refractivity contribution in [3.8, 4) is 0 Å². The van der Waals surface area contributed by atoms with Gasteiger partial charge >= 0.3 is 5.97 Å². The molecule has 0 saturated carbocycles. The summed E-state index contributed by atoms with van der Waals surface area (Å²) in [7, 11) is -3.73. The third-order valence-corrected chi connectivity index (χ3v) is 5.82. The van der Waals surface area contributed by atoms with Gasteiger partial charge in [-0.05, 0) is 40.4 Å². The molecule has 1 atom stereocenters. The molecule has 0 fully saturated rings. The molecule has 0 aliphatic heterocycles. The fraction of sp³-hybridized carbons (Fsp3) is 0.364. The Morgan fingerprint density at radius 1 is 1.53 bits per heavy atom. The van der Waals surface area contributed by atoms with Gasteiger partial charge in [0, 0.05) is 16.3 Å². The summed E-state index contributed by atoms with van der Waals surface area (Å²) >= 11 is 4.66. The molecule has 106 valence electrons. The van der Waals surface area contributed by atoms with Gasteiger partial charge in [-0.2, -0.15) is 11.8 Å². The second-order valence-electron chi connectivity index (χ2n) is 3.85. The van der Waals surface area contributed by atoms with Crippen LogP contribution in [0.4, 0.5) is 0 Å². The van der Waals surface area contributed by atoms with Crippen LogP contribution in [0.25, 0.3) is 0 Å². The van der Waals surface area contributed by atoms with Crippen LogP contribution < -0.4 is 4.72 Å². The smallest absolute Gasteiger partial charge is 0.335 e. The number of benzene rings is 1. The van der Waals surface area contributed by atoms with E-state index < -0.39 is 16.0 Å². The molecule has 0 radical (unpaired) electrons. The lowest BCUT2D eigenvalue weighted by molar-refractivity contribution is 0.0696. The van der Waals surface area contributed by atoms with E-state index in [-0.39, 0.29) is 22.3 Å². The second-order valence-corrected chi connectivity index (χ2v) is 7.71. The number of sulfonamides is 1. The van der Waals surface area contributed by atoms with E-state index in [1.807, 2.05) is 13.2 Å². The molecule has 0 bridgehead atoms. The topological polar surface area (TPSA) is 83.5 Å². The summed E-state index contributed by atoms with van der Waals surface area (Å²) in [6, 6.07) is 3.89. The number of thioether (sulfide) groups is 1. The van der Waals surface area contributed by atoms with Crippen molar-refractivity contribution in [1.82, 2.24) is 4.72 Å². The van der Waals surface area contributed by atoms with Crippen LogP contribution in [0.15, 0.2) is 27.6 Å². The molecule has 1 unspecified atom stereocenters. The molecule has 0 amide bonds. The zero-order valence-electron chi connectivity index (χ0n) is 10.4. The lowest BCUT2D eigenvalue weighted by Gasteiger charge is -2.12. The molecule has 0 aliphatic rings. The highest BCUT2D eigenvalue weighted by Crippen LogP contribution is 2.23. The zero-order valence-corrected chi connectivity index (χ0v) is 13.6. The first-order valence-electron chi connectivity index (χ1n) is 5.33. The van der Waals surface area contributed by atoms with Gasteiger partial charge in [0.2, 0.25) is 10.0 Å². The SMILES string of the molecule is CSC(C)CNS(=O)(=O)c1cc(C(=O)O)ccc1Br. The van der Waals surface area contributed by atoms with Gasteiger partial charge in [-0.25, -0.2) is 17.9 Å². The third kappa shape index (κ3) is 4.48. The molecule has 8 heteroatoms. The van der Waals surface area contributed by atoms with E-state index in [9.17, 15) is 13.2 Å². The van der Waals surface area contributed by atoms with E-state index in [1.54, 1.807) is 11.8 Å². The van der Waals surface area contributed by atoms with Crippen LogP contribution in [0.2, 0.25) is 0 Å². The minimum absolute atomic E-state index is 0.0681. The summed E-state index contributed by atoms with van der Waals surface area (Å²) in [4.78, 5) is 10.8. The van der Waals surface area contributed by atoms with Crippen molar-refractivity contribution in [2.45, 2.75) is 17.1 Å². The van der Waals surface area contributed by atoms with Crippen molar-refractivity contribution < 1.29 is 18.3 Å². The lowest BCUT2D eigenvalue weighted by atomic mass is 10.2. The van der Waals surface area contributed by atoms with Gasteiger partial charge in [-0.3, -0.25) is 0 Å². The molecule has 2 N–H and O–H groups in total. The first kappa shape index (κ1) is 16.5. The first-order valence-corrected chi connectivity index (χ1v) is 8.89. The summed E-state index contributed by atoms with van der Waals surface area (Å²) in [5.41, 5.74) is -0.0681. The Labute approximate surface area is 125 Å². The van der Waals surface area contributed by atoms with Crippen molar-refractivity contribution >= 4 is 43.7 Å². The van der Waals surface area contributed by atoms with Crippen LogP contribution >= 0.6 is 27.7 Å². The number of nitrogens with one attached hydrogen (secondary N) is 1. The maximum absolute atomic E-state index is 12.1. The molecular formula is C11H14BrNO4S2. The van der Waals surface area contributed by atoms with E-state index in [4.69, 9.17) is 5.11 Å². The van der Waals surface area contributed by atoms with E-state index in [0.717, 1.165) is 6.07 Å². The Kier molecular flexibility index (Phi) is 5.84. The van der Waals surface area contributed by atoms with Crippen molar-refractivity contribution in [1.29, 1.82) is 0 Å². The molecule has 5 nitrogen and oxygen atoms in total. The number of carboxylic acids is 1. The summed E-state index contributed by atoms with van der Waals surface area (Å²) in [5.74, 6) is -1.17. The van der Waals surface area contributed by atoms with Crippen LogP contribution in [-0.2, 0) is 10.0 Å². The van der Waals surface area contributed by atoms with Gasteiger partial charge in [0.1, 0.15) is 0 Å². The molecule has 0 aliphatic carbocycles. The highest BCUT2D eigenvalue weighted by Gasteiger charge is 2.20. The number of carboxylic acid groups (broad SMARTS) is 1. The lowest BCUT2D eigenvalue weighted by Crippen LogP contribution is -2.29. The fourth-order valence-corrected chi connectivity index (χ4v) is 3.70. The highest BCUT2D eigenvalue weighted by molar-refractivity contribution is 9.10. The second kappa shape index (κ2) is 6.74. The van der Waals surface area contributed by atoms with Crippen LogP contribution in [0, 0.1) is 0 Å². The van der Waals surface area contributed by atoms with Gasteiger partial charge in [-0.15, -0.1) is 0 Å². The predicted molar refractivity (Wildman–Crippen MR) is 79.3 cm³/mol. The first-order chi connectivity index (χ1) is 8.77. The number of carbonyl (C=O) groups is 1. The Bertz CT molecular complexity index is 574. The molecule has 1 aromatic carbocycles. The molecule has 0 saturated heterocycles. The Hall–Kier alpha value is -0.570. The minimum atomic E-state index is -3.73. The van der Waals surface area contributed by atoms with Gasteiger partial charge in [0.25, 0.3) is 0 Å². The average molecular weight is 368 g/mol. The zero-order chi connectivity index (χ0) is 14.6. The molecular weight excluding hydrogens is 354 g/mol. The number of rotatable bonds is 6. The van der Waals surface area contributed by atoms with Gasteiger partial charge in [0.05, 0.1) is 10.5 Å². The van der Waals surface area contributed by atoms with Crippen molar-refractivity contribution in [2.75, 3.05) is 12.8 Å². The average Bonchev–Trinajstić information content (AvgIpc) is 2.36. The van der Waals surface area contributed by atoms with Gasteiger partial charge in [-0.1, -0.05) is 6.92 Å². The molecule has 0 heterocycles. The van der Waals surface area contributed by atoms with Gasteiger partial charge in [0.15, 0.2) is 0 Å². The molecule has 1 rings (SSSR count). The number of hydrogen-bond donors (Lipinski definition) is 2. The quantitative estimate of drug-likeness (QED) is 0.804. The maximum Gasteiger partial charge on any atom is 0.335 e. The van der Waals surface area contributed by atoms with E-state index in [2.05, 4.69) is 20.7 Å². The van der Waals surface area contributed by atoms with E-state index in [0.29, 0.717) is 4.47 Å². The Morgan fingerprint density at radius 2 is 2.16 bits per heavy atom. The highest BCUT2D eigenvalue weighted by atomic mass is 79.9. The summed E-state index contributed by atoms with van der Waals surface area (Å²) in [6.45, 7) is 2.18. The van der Waals surface area contributed by atoms with E-state index in [1.165, 1.54) is 12.1 Å². The van der Waals surface area contributed by atoms with Crippen LogP contribution in [0.1, 0.15) is 17.3 Å². The summed E-state index contributed by atoms with van der Waals surface area (Å²) < 4.78 is 27.0. The molecule has 0 spiro atoms. The standard InChI is InChI=1S/C11H14BrNO4S2/c1-7(18-2)6-13-19(16,17)10-5-8(11(14)15)3-4-9(10)12/h3-5,7,13H,6H2,1-2H3,(H,14,15). The Morgan fingerprint density at radius 3 is 2.68 bits per heavy atom. The summed E-state index contributed by atoms with van der Waals surface area (Å²) in [6.07, 6.45) is 1.89. The van der Waals surface area contributed by atoms with Crippen molar-refractivity contribution in [3.05, 3.63) is 28.2 Å². The Balaban J connectivity index is 3.06.